The highest BCUT2D eigenvalue weighted by molar-refractivity contribution is 5.27. The van der Waals surface area contributed by atoms with Crippen LogP contribution in [0.4, 0.5) is 0 Å². The van der Waals surface area contributed by atoms with E-state index < -0.39 is 0 Å². The number of rotatable bonds is 4. The Morgan fingerprint density at radius 2 is 2.05 bits per heavy atom. The van der Waals surface area contributed by atoms with Crippen LogP contribution in [-0.2, 0) is 15.9 Å². The quantitative estimate of drug-likeness (QED) is 0.780. The van der Waals surface area contributed by atoms with Gasteiger partial charge in [-0.25, -0.2) is 0 Å². The van der Waals surface area contributed by atoms with Gasteiger partial charge >= 0.3 is 0 Å². The maximum atomic E-state index is 5.94. The van der Waals surface area contributed by atoms with Crippen molar-refractivity contribution in [2.45, 2.75) is 32.7 Å². The van der Waals surface area contributed by atoms with Crippen LogP contribution in [0.2, 0.25) is 0 Å². The average molecular weight is 262 g/mol. The van der Waals surface area contributed by atoms with Crippen LogP contribution in [-0.4, -0.2) is 26.1 Å². The summed E-state index contributed by atoms with van der Waals surface area (Å²) in [5.41, 5.74) is 1.16. The van der Waals surface area contributed by atoms with Gasteiger partial charge in [-0.1, -0.05) is 32.1 Å². The van der Waals surface area contributed by atoms with Gasteiger partial charge in [-0.05, 0) is 17.7 Å². The van der Waals surface area contributed by atoms with Crippen molar-refractivity contribution in [1.82, 2.24) is 0 Å². The minimum atomic E-state index is -0.204. The Kier molecular flexibility index (Phi) is 4.27. The van der Waals surface area contributed by atoms with Gasteiger partial charge in [0.25, 0.3) is 0 Å². The molecule has 0 aromatic heterocycles. The fraction of sp³-hybridized carbons (Fsp3) is 0.500. The third kappa shape index (κ3) is 3.37. The van der Waals surface area contributed by atoms with Gasteiger partial charge in [0.15, 0.2) is 6.29 Å². The normalized spacial score (nSPS) is 25.8. The van der Waals surface area contributed by atoms with Crippen LogP contribution >= 0.6 is 0 Å². The Hall–Kier alpha value is -1.32. The second kappa shape index (κ2) is 5.76. The Morgan fingerprint density at radius 1 is 1.37 bits per heavy atom. The molecule has 0 spiro atoms. The first kappa shape index (κ1) is 14.1. The van der Waals surface area contributed by atoms with Gasteiger partial charge in [0, 0.05) is 11.8 Å². The summed E-state index contributed by atoms with van der Waals surface area (Å²) in [6.45, 7) is 8.79. The first-order valence-corrected chi connectivity index (χ1v) is 6.58. The van der Waals surface area contributed by atoms with Crippen LogP contribution in [0.3, 0.4) is 0 Å². The topological polar surface area (TPSA) is 27.7 Å². The summed E-state index contributed by atoms with van der Waals surface area (Å²) >= 11 is 0. The van der Waals surface area contributed by atoms with E-state index in [0.717, 1.165) is 12.2 Å². The van der Waals surface area contributed by atoms with Crippen LogP contribution in [0.1, 0.15) is 19.4 Å². The summed E-state index contributed by atoms with van der Waals surface area (Å²) in [4.78, 5) is 0. The zero-order valence-corrected chi connectivity index (χ0v) is 11.9. The molecule has 104 valence electrons. The fourth-order valence-corrected chi connectivity index (χ4v) is 2.21. The van der Waals surface area contributed by atoms with Crippen molar-refractivity contribution in [3.8, 4) is 5.75 Å². The lowest BCUT2D eigenvalue weighted by Crippen LogP contribution is -2.45. The van der Waals surface area contributed by atoms with Crippen LogP contribution in [0.15, 0.2) is 36.9 Å². The Balaban J connectivity index is 1.98. The molecule has 2 rings (SSSR count). The van der Waals surface area contributed by atoms with Crippen LogP contribution in [0.25, 0.3) is 0 Å². The molecule has 3 nitrogen and oxygen atoms in total. The third-order valence-corrected chi connectivity index (χ3v) is 3.49. The van der Waals surface area contributed by atoms with Crippen LogP contribution in [0.5, 0.6) is 5.75 Å². The molecular formula is C16H22O3. The van der Waals surface area contributed by atoms with E-state index in [1.165, 1.54) is 5.56 Å². The zero-order valence-electron chi connectivity index (χ0n) is 11.9. The summed E-state index contributed by atoms with van der Waals surface area (Å²) in [6, 6.07) is 7.97. The second-order valence-electron chi connectivity index (χ2n) is 5.57. The highest BCUT2D eigenvalue weighted by atomic mass is 16.7. The van der Waals surface area contributed by atoms with E-state index in [2.05, 4.69) is 20.4 Å². The fourth-order valence-electron chi connectivity index (χ4n) is 2.21. The molecule has 1 saturated heterocycles. The van der Waals surface area contributed by atoms with Gasteiger partial charge in [0.1, 0.15) is 5.75 Å². The molecule has 0 N–H and O–H groups in total. The molecule has 0 aliphatic carbocycles. The number of benzene rings is 1. The van der Waals surface area contributed by atoms with Crippen LogP contribution < -0.4 is 4.74 Å². The van der Waals surface area contributed by atoms with Gasteiger partial charge < -0.3 is 14.2 Å². The first-order chi connectivity index (χ1) is 9.05. The standard InChI is InChI=1S/C16H22O3/c1-5-14-16(2,3)11-18-15(19-14)10-12-6-8-13(17-4)9-7-12/h5-9,14-15H,1,10-11H2,2-4H3/t14-,15+/m1/s1. The van der Waals surface area contributed by atoms with Crippen molar-refractivity contribution >= 4 is 0 Å². The van der Waals surface area contributed by atoms with Gasteiger partial charge in [-0.3, -0.25) is 0 Å². The zero-order chi connectivity index (χ0) is 13.9. The van der Waals surface area contributed by atoms with Crippen molar-refractivity contribution in [3.63, 3.8) is 0 Å². The monoisotopic (exact) mass is 262 g/mol. The molecular weight excluding hydrogens is 240 g/mol. The minimum Gasteiger partial charge on any atom is -0.497 e. The van der Waals surface area contributed by atoms with Crippen molar-refractivity contribution < 1.29 is 14.2 Å². The molecule has 2 atom stereocenters. The van der Waals surface area contributed by atoms with Gasteiger partial charge in [0.05, 0.1) is 19.8 Å². The molecule has 1 fully saturated rings. The largest absolute Gasteiger partial charge is 0.497 e. The molecule has 1 heterocycles. The minimum absolute atomic E-state index is 0.0157. The molecule has 0 bridgehead atoms. The molecule has 1 aromatic carbocycles. The number of methoxy groups -OCH3 is 1. The molecule has 0 radical (unpaired) electrons. The lowest BCUT2D eigenvalue weighted by atomic mass is 9.86. The summed E-state index contributed by atoms with van der Waals surface area (Å²) < 4.78 is 16.9. The van der Waals surface area contributed by atoms with E-state index in [4.69, 9.17) is 14.2 Å². The van der Waals surface area contributed by atoms with Crippen molar-refractivity contribution in [2.75, 3.05) is 13.7 Å². The predicted molar refractivity (Wildman–Crippen MR) is 75.3 cm³/mol. The maximum Gasteiger partial charge on any atom is 0.162 e. The lowest BCUT2D eigenvalue weighted by molar-refractivity contribution is -0.244. The molecule has 0 amide bonds. The Morgan fingerprint density at radius 3 is 2.63 bits per heavy atom. The summed E-state index contributed by atoms with van der Waals surface area (Å²) in [6.07, 6.45) is 2.43. The number of ether oxygens (including phenoxy) is 3. The molecule has 0 unspecified atom stereocenters. The van der Waals surface area contributed by atoms with E-state index in [1.807, 2.05) is 30.3 Å². The highest BCUT2D eigenvalue weighted by Gasteiger charge is 2.36. The lowest BCUT2D eigenvalue weighted by Gasteiger charge is -2.40. The molecule has 19 heavy (non-hydrogen) atoms. The SMILES string of the molecule is C=C[C@H]1O[C@@H](Cc2ccc(OC)cc2)OCC1(C)C. The highest BCUT2D eigenvalue weighted by Crippen LogP contribution is 2.31. The van der Waals surface area contributed by atoms with E-state index in [1.54, 1.807) is 7.11 Å². The second-order valence-corrected chi connectivity index (χ2v) is 5.57. The summed E-state index contributed by atoms with van der Waals surface area (Å²) in [5.74, 6) is 0.860. The van der Waals surface area contributed by atoms with Crippen molar-refractivity contribution in [3.05, 3.63) is 42.5 Å². The molecule has 3 heteroatoms. The van der Waals surface area contributed by atoms with Gasteiger partial charge in [-0.15, -0.1) is 6.58 Å². The molecule has 1 aliphatic rings. The molecule has 0 saturated carbocycles. The average Bonchev–Trinajstić information content (AvgIpc) is 2.41. The summed E-state index contributed by atoms with van der Waals surface area (Å²) in [5, 5.41) is 0. The Bertz CT molecular complexity index is 422. The van der Waals surface area contributed by atoms with Crippen LogP contribution in [0, 0.1) is 5.41 Å². The number of hydrogen-bond donors (Lipinski definition) is 0. The molecule has 1 aliphatic heterocycles. The van der Waals surface area contributed by atoms with Crippen molar-refractivity contribution in [2.24, 2.45) is 5.41 Å². The smallest absolute Gasteiger partial charge is 0.162 e. The Labute approximate surface area is 115 Å². The first-order valence-electron chi connectivity index (χ1n) is 6.58. The van der Waals surface area contributed by atoms with Gasteiger partial charge in [0.2, 0.25) is 0 Å². The van der Waals surface area contributed by atoms with E-state index in [-0.39, 0.29) is 17.8 Å². The van der Waals surface area contributed by atoms with Gasteiger partial charge in [-0.2, -0.15) is 0 Å². The van der Waals surface area contributed by atoms with Crippen molar-refractivity contribution in [1.29, 1.82) is 0 Å². The summed E-state index contributed by atoms with van der Waals surface area (Å²) in [7, 11) is 1.67. The van der Waals surface area contributed by atoms with E-state index in [0.29, 0.717) is 6.61 Å². The van der Waals surface area contributed by atoms with E-state index in [9.17, 15) is 0 Å². The number of hydrogen-bond acceptors (Lipinski definition) is 3. The molecule has 1 aromatic rings. The maximum absolute atomic E-state index is 5.94. The van der Waals surface area contributed by atoms with E-state index >= 15 is 0 Å². The predicted octanol–water partition coefficient (Wildman–Crippen LogP) is 3.19. The third-order valence-electron chi connectivity index (χ3n) is 3.49.